The van der Waals surface area contributed by atoms with Gasteiger partial charge in [-0.3, -0.25) is 0 Å². The van der Waals surface area contributed by atoms with Gasteiger partial charge in [-0.2, -0.15) is 0 Å². The van der Waals surface area contributed by atoms with E-state index in [1.807, 2.05) is 18.3 Å². The maximum Gasteiger partial charge on any atom is 0.0103 e. The third kappa shape index (κ3) is 6.83. The fourth-order valence-corrected chi connectivity index (χ4v) is 2.80. The standard InChI is InChI=1S/C16H25NS/c1-3-5-6-9-15(17-13-4-2)10-7-11-16-12-8-14-18-16/h8,12,14-15,17H,4,6-7,9-11,13H2,1-2H3. The summed E-state index contributed by atoms with van der Waals surface area (Å²) in [6.07, 6.45) is 7.19. The van der Waals surface area contributed by atoms with Crippen LogP contribution in [0.2, 0.25) is 0 Å². The van der Waals surface area contributed by atoms with Gasteiger partial charge in [0.15, 0.2) is 0 Å². The van der Waals surface area contributed by atoms with Crippen LogP contribution in [-0.4, -0.2) is 12.6 Å². The highest BCUT2D eigenvalue weighted by atomic mass is 32.1. The molecule has 1 atom stereocenters. The molecule has 1 aromatic heterocycles. The van der Waals surface area contributed by atoms with Crippen molar-refractivity contribution in [3.05, 3.63) is 22.4 Å². The van der Waals surface area contributed by atoms with Crippen molar-refractivity contribution in [3.8, 4) is 11.8 Å². The minimum Gasteiger partial charge on any atom is -0.314 e. The third-order valence-electron chi connectivity index (χ3n) is 3.03. The van der Waals surface area contributed by atoms with Gasteiger partial charge in [-0.25, -0.2) is 0 Å². The Hall–Kier alpha value is -0.780. The minimum atomic E-state index is 0.644. The highest BCUT2D eigenvalue weighted by Gasteiger charge is 2.06. The first-order valence-corrected chi connectivity index (χ1v) is 7.90. The largest absolute Gasteiger partial charge is 0.314 e. The zero-order valence-corrected chi connectivity index (χ0v) is 12.5. The monoisotopic (exact) mass is 263 g/mol. The van der Waals surface area contributed by atoms with Crippen molar-refractivity contribution in [1.82, 2.24) is 5.32 Å². The summed E-state index contributed by atoms with van der Waals surface area (Å²) in [4.78, 5) is 1.51. The van der Waals surface area contributed by atoms with Crippen LogP contribution in [0.3, 0.4) is 0 Å². The van der Waals surface area contributed by atoms with Crippen LogP contribution in [0.5, 0.6) is 0 Å². The normalized spacial score (nSPS) is 11.9. The highest BCUT2D eigenvalue weighted by molar-refractivity contribution is 7.09. The zero-order valence-electron chi connectivity index (χ0n) is 11.7. The van der Waals surface area contributed by atoms with Gasteiger partial charge in [-0.05, 0) is 57.0 Å². The van der Waals surface area contributed by atoms with Crippen LogP contribution in [0.4, 0.5) is 0 Å². The van der Waals surface area contributed by atoms with Crippen molar-refractivity contribution < 1.29 is 0 Å². The van der Waals surface area contributed by atoms with Crippen molar-refractivity contribution in [1.29, 1.82) is 0 Å². The smallest absolute Gasteiger partial charge is 0.0103 e. The summed E-state index contributed by atoms with van der Waals surface area (Å²) in [5.74, 6) is 6.15. The van der Waals surface area contributed by atoms with E-state index in [0.717, 1.165) is 13.0 Å². The van der Waals surface area contributed by atoms with Crippen molar-refractivity contribution in [2.45, 2.75) is 58.4 Å². The molecule has 2 heteroatoms. The van der Waals surface area contributed by atoms with Crippen LogP contribution >= 0.6 is 11.3 Å². The van der Waals surface area contributed by atoms with Crippen LogP contribution in [0.15, 0.2) is 17.5 Å². The Labute approximate surface area is 116 Å². The van der Waals surface area contributed by atoms with Gasteiger partial charge in [-0.15, -0.1) is 23.2 Å². The molecule has 0 saturated heterocycles. The molecule has 1 nitrogen and oxygen atoms in total. The van der Waals surface area contributed by atoms with E-state index in [4.69, 9.17) is 0 Å². The number of thiophene rings is 1. The number of aryl methyl sites for hydroxylation is 1. The molecule has 0 aromatic carbocycles. The second-order valence-electron chi connectivity index (χ2n) is 4.59. The lowest BCUT2D eigenvalue weighted by atomic mass is 10.0. The molecule has 0 aliphatic heterocycles. The number of hydrogen-bond donors (Lipinski definition) is 1. The first-order chi connectivity index (χ1) is 8.86. The molecule has 1 aromatic rings. The highest BCUT2D eigenvalue weighted by Crippen LogP contribution is 2.14. The molecule has 100 valence electrons. The lowest BCUT2D eigenvalue weighted by Gasteiger charge is -2.17. The lowest BCUT2D eigenvalue weighted by molar-refractivity contribution is 0.446. The second kappa shape index (κ2) is 10.2. The van der Waals surface area contributed by atoms with Gasteiger partial charge in [0, 0.05) is 17.3 Å². The molecule has 0 spiro atoms. The molecule has 18 heavy (non-hydrogen) atoms. The van der Waals surface area contributed by atoms with Gasteiger partial charge in [0.25, 0.3) is 0 Å². The predicted molar refractivity (Wildman–Crippen MR) is 82.0 cm³/mol. The van der Waals surface area contributed by atoms with Gasteiger partial charge in [0.2, 0.25) is 0 Å². The maximum absolute atomic E-state index is 3.64. The van der Waals surface area contributed by atoms with Crippen molar-refractivity contribution in [2.24, 2.45) is 0 Å². The first-order valence-electron chi connectivity index (χ1n) is 7.02. The summed E-state index contributed by atoms with van der Waals surface area (Å²) in [7, 11) is 0. The molecule has 0 fully saturated rings. The van der Waals surface area contributed by atoms with E-state index in [2.05, 4.69) is 41.6 Å². The van der Waals surface area contributed by atoms with Crippen LogP contribution in [0, 0.1) is 11.8 Å². The first kappa shape index (κ1) is 15.3. The average Bonchev–Trinajstić information content (AvgIpc) is 2.88. The molecule has 0 amide bonds. The fourth-order valence-electron chi connectivity index (χ4n) is 2.05. The summed E-state index contributed by atoms with van der Waals surface area (Å²) in [6.45, 7) is 5.27. The van der Waals surface area contributed by atoms with Crippen molar-refractivity contribution in [3.63, 3.8) is 0 Å². The Kier molecular flexibility index (Phi) is 8.63. The molecule has 1 rings (SSSR count). The molecule has 0 bridgehead atoms. The van der Waals surface area contributed by atoms with Gasteiger partial charge in [0.05, 0.1) is 0 Å². The van der Waals surface area contributed by atoms with E-state index < -0.39 is 0 Å². The van der Waals surface area contributed by atoms with Crippen LogP contribution in [0.25, 0.3) is 0 Å². The Morgan fingerprint density at radius 3 is 2.94 bits per heavy atom. The third-order valence-corrected chi connectivity index (χ3v) is 3.97. The predicted octanol–water partition coefficient (Wildman–Crippen LogP) is 4.24. The molecule has 1 heterocycles. The summed E-state index contributed by atoms with van der Waals surface area (Å²) in [5, 5.41) is 5.81. The van der Waals surface area contributed by atoms with E-state index >= 15 is 0 Å². The molecular weight excluding hydrogens is 238 g/mol. The van der Waals surface area contributed by atoms with Gasteiger partial charge >= 0.3 is 0 Å². The average molecular weight is 263 g/mol. The molecule has 0 aliphatic carbocycles. The van der Waals surface area contributed by atoms with Crippen molar-refractivity contribution in [2.75, 3.05) is 6.54 Å². The van der Waals surface area contributed by atoms with Gasteiger partial charge < -0.3 is 5.32 Å². The lowest BCUT2D eigenvalue weighted by Crippen LogP contribution is -2.29. The fraction of sp³-hybridized carbons (Fsp3) is 0.625. The SMILES string of the molecule is CC#CCCC(CCCc1cccs1)NCCC. The van der Waals surface area contributed by atoms with E-state index in [-0.39, 0.29) is 0 Å². The second-order valence-corrected chi connectivity index (χ2v) is 5.62. The van der Waals surface area contributed by atoms with Gasteiger partial charge in [-0.1, -0.05) is 13.0 Å². The summed E-state index contributed by atoms with van der Waals surface area (Å²) < 4.78 is 0. The van der Waals surface area contributed by atoms with Crippen molar-refractivity contribution >= 4 is 11.3 Å². The molecule has 0 saturated carbocycles. The maximum atomic E-state index is 3.64. The number of nitrogens with one attached hydrogen (secondary N) is 1. The van der Waals surface area contributed by atoms with Crippen LogP contribution in [-0.2, 0) is 6.42 Å². The van der Waals surface area contributed by atoms with Crippen LogP contribution < -0.4 is 5.32 Å². The molecule has 0 radical (unpaired) electrons. The topological polar surface area (TPSA) is 12.0 Å². The summed E-state index contributed by atoms with van der Waals surface area (Å²) >= 11 is 1.87. The van der Waals surface area contributed by atoms with E-state index in [0.29, 0.717) is 6.04 Å². The molecule has 0 aliphatic rings. The van der Waals surface area contributed by atoms with Gasteiger partial charge in [0.1, 0.15) is 0 Å². The quantitative estimate of drug-likeness (QED) is 0.657. The molecule has 1 unspecified atom stereocenters. The number of hydrogen-bond acceptors (Lipinski definition) is 2. The Balaban J connectivity index is 2.22. The molecule has 1 N–H and O–H groups in total. The Bertz CT molecular complexity index is 345. The summed E-state index contributed by atoms with van der Waals surface area (Å²) in [6, 6.07) is 5.02. The minimum absolute atomic E-state index is 0.644. The van der Waals surface area contributed by atoms with E-state index in [1.165, 1.54) is 37.0 Å². The number of rotatable bonds is 9. The Morgan fingerprint density at radius 2 is 2.28 bits per heavy atom. The van der Waals surface area contributed by atoms with E-state index in [9.17, 15) is 0 Å². The summed E-state index contributed by atoms with van der Waals surface area (Å²) in [5.41, 5.74) is 0. The zero-order chi connectivity index (χ0) is 13.1. The molecular formula is C16H25NS. The van der Waals surface area contributed by atoms with Crippen LogP contribution in [0.1, 0.15) is 50.8 Å². The van der Waals surface area contributed by atoms with E-state index in [1.54, 1.807) is 0 Å². The Morgan fingerprint density at radius 1 is 1.39 bits per heavy atom.